The predicted molar refractivity (Wildman–Crippen MR) is 50.8 cm³/mol. The Morgan fingerprint density at radius 2 is 1.40 bits per heavy atom. The molecule has 0 atom stereocenters. The number of hydrogen-bond donors (Lipinski definition) is 0. The summed E-state index contributed by atoms with van der Waals surface area (Å²) in [4.78, 5) is 0. The van der Waals surface area contributed by atoms with E-state index in [1.54, 1.807) is 0 Å². The molecular weight excluding hydrogens is 188 g/mol. The lowest BCUT2D eigenvalue weighted by Gasteiger charge is -1.90. The van der Waals surface area contributed by atoms with Crippen molar-refractivity contribution in [2.75, 3.05) is 5.83 Å². The fraction of sp³-hybridized carbons (Fsp3) is 0.333. The zero-order valence-corrected chi connectivity index (χ0v) is 8.27. The fourth-order valence-electron chi connectivity index (χ4n) is 0.807. The quantitative estimate of drug-likeness (QED) is 0.565. The average Bonchev–Trinajstić information content (AvgIpc) is 1.91. The van der Waals surface area contributed by atoms with Gasteiger partial charge in [0.1, 0.15) is 0 Å². The van der Waals surface area contributed by atoms with Crippen LogP contribution in [0.4, 0.5) is 0 Å². The van der Waals surface area contributed by atoms with Gasteiger partial charge in [0.25, 0.3) is 0 Å². The van der Waals surface area contributed by atoms with E-state index in [0.29, 0.717) is 0 Å². The first-order chi connectivity index (χ1) is 4.79. The second-order valence-electron chi connectivity index (χ2n) is 2.16. The van der Waals surface area contributed by atoms with Crippen molar-refractivity contribution >= 4 is 15.9 Å². The minimum atomic E-state index is 1.34. The molecule has 10 heavy (non-hydrogen) atoms. The van der Waals surface area contributed by atoms with Crippen molar-refractivity contribution < 1.29 is 0 Å². The van der Waals surface area contributed by atoms with E-state index in [2.05, 4.69) is 54.0 Å². The van der Waals surface area contributed by atoms with Crippen molar-refractivity contribution in [2.45, 2.75) is 13.8 Å². The van der Waals surface area contributed by atoms with E-state index in [-0.39, 0.29) is 0 Å². The van der Waals surface area contributed by atoms with Gasteiger partial charge in [-0.3, -0.25) is 0 Å². The Labute approximate surface area is 71.4 Å². The van der Waals surface area contributed by atoms with Crippen LogP contribution in [0.2, 0.25) is 0 Å². The Kier molecular flexibility index (Phi) is 5.32. The van der Waals surface area contributed by atoms with Crippen LogP contribution in [-0.2, 0) is 0 Å². The third-order valence-electron chi connectivity index (χ3n) is 1.17. The highest BCUT2D eigenvalue weighted by molar-refractivity contribution is 9.08. The Hall–Kier alpha value is -0.300. The molecule has 0 saturated carbocycles. The molecule has 0 amide bonds. The summed E-state index contributed by atoms with van der Waals surface area (Å²) in [6.45, 7) is 4.21. The highest BCUT2D eigenvalue weighted by atomic mass is 79.9. The summed E-state index contributed by atoms with van der Waals surface area (Å²) in [5.74, 6) is 1.81. The summed E-state index contributed by atoms with van der Waals surface area (Å²) >= 11 is 2.94. The summed E-state index contributed by atoms with van der Waals surface area (Å²) in [5, 5.41) is 0. The summed E-state index contributed by atoms with van der Waals surface area (Å²) in [5.41, 5.74) is 2.68. The largest absolute Gasteiger partial charge is 0.0966 e. The van der Waals surface area contributed by atoms with E-state index in [1.165, 1.54) is 11.1 Å². The molecule has 1 heteroatoms. The molecule has 56 valence electrons. The lowest BCUT2D eigenvalue weighted by molar-refractivity contribution is 1.39. The summed E-state index contributed by atoms with van der Waals surface area (Å²) in [6, 6.07) is 8.45. The highest BCUT2D eigenvalue weighted by Crippen LogP contribution is 2.00. The van der Waals surface area contributed by atoms with Crippen molar-refractivity contribution in [3.63, 3.8) is 0 Å². The van der Waals surface area contributed by atoms with Gasteiger partial charge < -0.3 is 0 Å². The number of aryl methyl sites for hydroxylation is 2. The molecule has 1 aromatic carbocycles. The van der Waals surface area contributed by atoms with Crippen molar-refractivity contribution in [2.24, 2.45) is 0 Å². The van der Waals surface area contributed by atoms with Gasteiger partial charge in [-0.15, -0.1) is 0 Å². The zero-order valence-electron chi connectivity index (χ0n) is 6.69. The lowest BCUT2D eigenvalue weighted by Crippen LogP contribution is -1.71. The van der Waals surface area contributed by atoms with Gasteiger partial charge in [-0.2, -0.15) is 0 Å². The van der Waals surface area contributed by atoms with Crippen molar-refractivity contribution in [1.82, 2.24) is 0 Å². The van der Waals surface area contributed by atoms with Gasteiger partial charge in [-0.05, 0) is 19.7 Å². The van der Waals surface area contributed by atoms with Crippen molar-refractivity contribution in [3.8, 4) is 0 Å². The van der Waals surface area contributed by atoms with Crippen LogP contribution in [0.5, 0.6) is 0 Å². The van der Waals surface area contributed by atoms with Gasteiger partial charge in [-0.1, -0.05) is 51.3 Å². The van der Waals surface area contributed by atoms with Crippen molar-refractivity contribution in [1.29, 1.82) is 0 Å². The number of hydrogen-bond acceptors (Lipinski definition) is 0. The molecule has 1 aromatic rings. The molecule has 0 aliphatic carbocycles. The Morgan fingerprint density at radius 1 is 1.00 bits per heavy atom. The third-order valence-corrected chi connectivity index (χ3v) is 1.17. The minimum absolute atomic E-state index is 1.34. The minimum Gasteiger partial charge on any atom is -0.0966 e. The third kappa shape index (κ3) is 3.67. The summed E-state index contributed by atoms with van der Waals surface area (Å²) < 4.78 is 0. The lowest BCUT2D eigenvalue weighted by atomic mass is 10.2. The van der Waals surface area contributed by atoms with Crippen LogP contribution in [0, 0.1) is 13.8 Å². The maximum absolute atomic E-state index is 2.94. The molecule has 0 N–H and O–H groups in total. The van der Waals surface area contributed by atoms with Crippen LogP contribution in [0.1, 0.15) is 11.1 Å². The summed E-state index contributed by atoms with van der Waals surface area (Å²) in [7, 11) is 0. The first-order valence-electron chi connectivity index (χ1n) is 3.20. The van der Waals surface area contributed by atoms with E-state index in [4.69, 9.17) is 0 Å². The summed E-state index contributed by atoms with van der Waals surface area (Å²) in [6.07, 6.45) is 0. The molecule has 0 spiro atoms. The molecule has 0 saturated heterocycles. The smallest absolute Gasteiger partial charge is 0.00848 e. The maximum atomic E-state index is 2.94. The van der Waals surface area contributed by atoms with E-state index in [0.717, 1.165) is 0 Å². The zero-order chi connectivity index (χ0) is 7.98. The predicted octanol–water partition coefficient (Wildman–Crippen LogP) is 3.31. The van der Waals surface area contributed by atoms with Crippen LogP contribution in [0.15, 0.2) is 24.3 Å². The van der Waals surface area contributed by atoms with Gasteiger partial charge in [0.2, 0.25) is 0 Å². The molecular formula is C9H13Br. The molecule has 1 rings (SSSR count). The standard InChI is InChI=1S/C8H10.CH3Br/c1-7-4-3-5-8(2)6-7;1-2/h3-6H,1-2H3;1H3. The second-order valence-corrected chi connectivity index (χ2v) is 2.16. The van der Waals surface area contributed by atoms with E-state index >= 15 is 0 Å². The first-order valence-corrected chi connectivity index (χ1v) is 4.79. The molecule has 0 aliphatic heterocycles. The van der Waals surface area contributed by atoms with Crippen LogP contribution in [0.25, 0.3) is 0 Å². The Bertz CT molecular complexity index is 165. The molecule has 0 unspecified atom stereocenters. The van der Waals surface area contributed by atoms with Gasteiger partial charge in [-0.25, -0.2) is 0 Å². The maximum Gasteiger partial charge on any atom is -0.00848 e. The number of alkyl halides is 1. The molecule has 0 radical (unpaired) electrons. The number of halogens is 1. The SMILES string of the molecule is CBr.Cc1cccc(C)c1. The molecule has 0 aromatic heterocycles. The van der Waals surface area contributed by atoms with Crippen LogP contribution >= 0.6 is 15.9 Å². The van der Waals surface area contributed by atoms with Gasteiger partial charge in [0.15, 0.2) is 0 Å². The molecule has 0 bridgehead atoms. The van der Waals surface area contributed by atoms with E-state index < -0.39 is 0 Å². The second kappa shape index (κ2) is 5.48. The van der Waals surface area contributed by atoms with Crippen molar-refractivity contribution in [3.05, 3.63) is 35.4 Å². The van der Waals surface area contributed by atoms with Gasteiger partial charge in [0, 0.05) is 0 Å². The molecule has 0 heterocycles. The first kappa shape index (κ1) is 9.70. The van der Waals surface area contributed by atoms with Crippen LogP contribution < -0.4 is 0 Å². The normalized spacial score (nSPS) is 8.00. The highest BCUT2D eigenvalue weighted by Gasteiger charge is 1.80. The molecule has 0 fully saturated rings. The topological polar surface area (TPSA) is 0 Å². The van der Waals surface area contributed by atoms with Gasteiger partial charge >= 0.3 is 0 Å². The average molecular weight is 201 g/mol. The molecule has 0 aliphatic rings. The number of benzene rings is 1. The Morgan fingerprint density at radius 3 is 1.60 bits per heavy atom. The monoisotopic (exact) mass is 200 g/mol. The van der Waals surface area contributed by atoms with E-state index in [1.807, 2.05) is 5.83 Å². The fourth-order valence-corrected chi connectivity index (χ4v) is 0.807. The molecule has 0 nitrogen and oxygen atoms in total. The van der Waals surface area contributed by atoms with Crippen LogP contribution in [-0.4, -0.2) is 5.83 Å². The van der Waals surface area contributed by atoms with Gasteiger partial charge in [0.05, 0.1) is 0 Å². The van der Waals surface area contributed by atoms with E-state index in [9.17, 15) is 0 Å². The van der Waals surface area contributed by atoms with Crippen LogP contribution in [0.3, 0.4) is 0 Å². The Balaban J connectivity index is 0.000000371. The number of rotatable bonds is 0.